The molecule has 88 valence electrons. The van der Waals surface area contributed by atoms with Gasteiger partial charge >= 0.3 is 0 Å². The van der Waals surface area contributed by atoms with Gasteiger partial charge in [0.15, 0.2) is 0 Å². The Morgan fingerprint density at radius 2 is 2.13 bits per heavy atom. The number of nitrogens with two attached hydrogens (primary N) is 1. The van der Waals surface area contributed by atoms with E-state index in [1.54, 1.807) is 7.11 Å². The molecule has 0 atom stereocenters. The highest BCUT2D eigenvalue weighted by molar-refractivity contribution is 5.78. The predicted octanol–water partition coefficient (Wildman–Crippen LogP) is 1.35. The van der Waals surface area contributed by atoms with Gasteiger partial charge in [0.2, 0.25) is 5.91 Å². The summed E-state index contributed by atoms with van der Waals surface area (Å²) >= 11 is 0. The van der Waals surface area contributed by atoms with E-state index < -0.39 is 0 Å². The summed E-state index contributed by atoms with van der Waals surface area (Å²) in [7, 11) is 1.78. The number of hydrogen-bond acceptors (Lipinski definition) is 3. The highest BCUT2D eigenvalue weighted by Gasteiger charge is 2.36. The molecule has 1 aliphatic carbocycles. The zero-order chi connectivity index (χ0) is 11.3. The van der Waals surface area contributed by atoms with Crippen LogP contribution in [-0.4, -0.2) is 18.6 Å². The van der Waals surface area contributed by atoms with Crippen LogP contribution in [-0.2, 0) is 9.53 Å². The van der Waals surface area contributed by atoms with Gasteiger partial charge in [-0.2, -0.15) is 0 Å². The summed E-state index contributed by atoms with van der Waals surface area (Å²) in [5, 5.41) is 0. The van der Waals surface area contributed by atoms with Crippen LogP contribution in [0.1, 0.15) is 45.4 Å². The van der Waals surface area contributed by atoms with Gasteiger partial charge in [0.05, 0.1) is 5.60 Å². The molecule has 0 bridgehead atoms. The molecular formula is C11H22N2O2. The number of carbonyl (C=O) groups is 1. The van der Waals surface area contributed by atoms with Gasteiger partial charge in [-0.1, -0.05) is 13.3 Å². The minimum Gasteiger partial charge on any atom is -0.378 e. The largest absolute Gasteiger partial charge is 0.378 e. The van der Waals surface area contributed by atoms with Gasteiger partial charge < -0.3 is 4.74 Å². The van der Waals surface area contributed by atoms with E-state index in [4.69, 9.17) is 10.6 Å². The summed E-state index contributed by atoms with van der Waals surface area (Å²) in [5.74, 6) is 5.18. The van der Waals surface area contributed by atoms with E-state index in [9.17, 15) is 4.79 Å². The van der Waals surface area contributed by atoms with Crippen LogP contribution in [0.5, 0.6) is 0 Å². The van der Waals surface area contributed by atoms with E-state index in [0.29, 0.717) is 0 Å². The first kappa shape index (κ1) is 12.5. The second kappa shape index (κ2) is 5.47. The summed E-state index contributed by atoms with van der Waals surface area (Å²) in [4.78, 5) is 11.3. The van der Waals surface area contributed by atoms with E-state index in [1.807, 2.05) is 0 Å². The number of amides is 1. The van der Waals surface area contributed by atoms with Gasteiger partial charge in [-0.15, -0.1) is 0 Å². The Morgan fingerprint density at radius 3 is 2.53 bits per heavy atom. The van der Waals surface area contributed by atoms with Crippen LogP contribution in [0.4, 0.5) is 0 Å². The SMILES string of the molecule is CCCC1(OC)CCC(C(=O)NN)CC1. The maximum absolute atomic E-state index is 11.3. The molecule has 0 aromatic heterocycles. The first-order valence-corrected chi connectivity index (χ1v) is 5.73. The molecule has 1 aliphatic rings. The Morgan fingerprint density at radius 1 is 1.53 bits per heavy atom. The van der Waals surface area contributed by atoms with Gasteiger partial charge in [-0.25, -0.2) is 5.84 Å². The van der Waals surface area contributed by atoms with Gasteiger partial charge in [0.1, 0.15) is 0 Å². The molecule has 1 amide bonds. The molecule has 0 heterocycles. The number of hydrogen-bond donors (Lipinski definition) is 2. The maximum Gasteiger partial charge on any atom is 0.236 e. The number of hydrazine groups is 1. The fraction of sp³-hybridized carbons (Fsp3) is 0.909. The molecule has 4 heteroatoms. The minimum atomic E-state index is -0.0313. The molecule has 0 unspecified atom stereocenters. The summed E-state index contributed by atoms with van der Waals surface area (Å²) in [6.45, 7) is 2.17. The Kier molecular flexibility index (Phi) is 4.54. The summed E-state index contributed by atoms with van der Waals surface area (Å²) in [5.41, 5.74) is 2.25. The Bertz CT molecular complexity index is 211. The van der Waals surface area contributed by atoms with E-state index >= 15 is 0 Å². The summed E-state index contributed by atoms with van der Waals surface area (Å²) in [6.07, 6.45) is 5.92. The zero-order valence-corrected chi connectivity index (χ0v) is 9.71. The van der Waals surface area contributed by atoms with E-state index in [-0.39, 0.29) is 17.4 Å². The molecule has 15 heavy (non-hydrogen) atoms. The molecule has 0 spiro atoms. The van der Waals surface area contributed by atoms with Crippen molar-refractivity contribution in [2.45, 2.75) is 51.0 Å². The molecule has 0 aromatic carbocycles. The molecule has 0 aliphatic heterocycles. The number of carbonyl (C=O) groups excluding carboxylic acids is 1. The Balaban J connectivity index is 2.49. The zero-order valence-electron chi connectivity index (χ0n) is 9.71. The van der Waals surface area contributed by atoms with E-state index in [2.05, 4.69) is 12.3 Å². The lowest BCUT2D eigenvalue weighted by atomic mass is 9.76. The van der Waals surface area contributed by atoms with Crippen molar-refractivity contribution in [2.24, 2.45) is 11.8 Å². The molecular weight excluding hydrogens is 192 g/mol. The maximum atomic E-state index is 11.3. The third-order valence-electron chi connectivity index (χ3n) is 3.55. The Labute approximate surface area is 91.5 Å². The highest BCUT2D eigenvalue weighted by Crippen LogP contribution is 2.37. The first-order chi connectivity index (χ1) is 7.17. The molecule has 4 nitrogen and oxygen atoms in total. The molecule has 0 saturated heterocycles. The normalized spacial score (nSPS) is 31.3. The third-order valence-corrected chi connectivity index (χ3v) is 3.55. The second-order valence-electron chi connectivity index (χ2n) is 4.42. The van der Waals surface area contributed by atoms with Crippen LogP contribution < -0.4 is 11.3 Å². The molecule has 1 fully saturated rings. The van der Waals surface area contributed by atoms with Gasteiger partial charge in [-0.3, -0.25) is 10.2 Å². The van der Waals surface area contributed by atoms with Crippen molar-refractivity contribution in [3.63, 3.8) is 0 Å². The summed E-state index contributed by atoms with van der Waals surface area (Å²) in [6, 6.07) is 0. The monoisotopic (exact) mass is 214 g/mol. The van der Waals surface area contributed by atoms with Crippen LogP contribution >= 0.6 is 0 Å². The van der Waals surface area contributed by atoms with Crippen molar-refractivity contribution in [3.8, 4) is 0 Å². The number of ether oxygens (including phenoxy) is 1. The van der Waals surface area contributed by atoms with Gasteiger partial charge in [-0.05, 0) is 32.1 Å². The van der Waals surface area contributed by atoms with E-state index in [1.165, 1.54) is 0 Å². The standard InChI is InChI=1S/C11H22N2O2/c1-3-6-11(15-2)7-4-9(5-8-11)10(14)13-12/h9H,3-8,12H2,1-2H3,(H,13,14). The average molecular weight is 214 g/mol. The van der Waals surface area contributed by atoms with Crippen LogP contribution in [0.2, 0.25) is 0 Å². The average Bonchev–Trinajstić information content (AvgIpc) is 2.29. The number of rotatable bonds is 4. The fourth-order valence-corrected chi connectivity index (χ4v) is 2.54. The van der Waals surface area contributed by atoms with Crippen LogP contribution in [0, 0.1) is 5.92 Å². The van der Waals surface area contributed by atoms with Gasteiger partial charge in [0, 0.05) is 13.0 Å². The quantitative estimate of drug-likeness (QED) is 0.422. The molecule has 1 saturated carbocycles. The highest BCUT2D eigenvalue weighted by atomic mass is 16.5. The Hall–Kier alpha value is -0.610. The molecule has 0 aromatic rings. The van der Waals surface area contributed by atoms with Crippen molar-refractivity contribution in [2.75, 3.05) is 7.11 Å². The van der Waals surface area contributed by atoms with Crippen molar-refractivity contribution < 1.29 is 9.53 Å². The fourth-order valence-electron chi connectivity index (χ4n) is 2.54. The van der Waals surface area contributed by atoms with E-state index in [0.717, 1.165) is 38.5 Å². The van der Waals surface area contributed by atoms with Crippen LogP contribution in [0.25, 0.3) is 0 Å². The van der Waals surface area contributed by atoms with Crippen molar-refractivity contribution in [3.05, 3.63) is 0 Å². The topological polar surface area (TPSA) is 64.3 Å². The molecule has 0 radical (unpaired) electrons. The second-order valence-corrected chi connectivity index (χ2v) is 4.42. The number of methoxy groups -OCH3 is 1. The summed E-state index contributed by atoms with van der Waals surface area (Å²) < 4.78 is 5.62. The van der Waals surface area contributed by atoms with Gasteiger partial charge in [0.25, 0.3) is 0 Å². The van der Waals surface area contributed by atoms with Crippen molar-refractivity contribution in [1.82, 2.24) is 5.43 Å². The third kappa shape index (κ3) is 2.92. The van der Waals surface area contributed by atoms with Crippen molar-refractivity contribution in [1.29, 1.82) is 0 Å². The lowest BCUT2D eigenvalue weighted by Crippen LogP contribution is -2.42. The first-order valence-electron chi connectivity index (χ1n) is 5.73. The minimum absolute atomic E-state index is 0.0140. The molecule has 1 rings (SSSR count). The van der Waals surface area contributed by atoms with Crippen molar-refractivity contribution >= 4 is 5.91 Å². The molecule has 3 N–H and O–H groups in total. The lowest BCUT2D eigenvalue weighted by Gasteiger charge is -2.38. The van der Waals surface area contributed by atoms with Crippen LogP contribution in [0.3, 0.4) is 0 Å². The van der Waals surface area contributed by atoms with Crippen LogP contribution in [0.15, 0.2) is 0 Å². The number of nitrogens with one attached hydrogen (secondary N) is 1. The smallest absolute Gasteiger partial charge is 0.236 e. The lowest BCUT2D eigenvalue weighted by molar-refractivity contribution is -0.129. The predicted molar refractivity (Wildman–Crippen MR) is 58.9 cm³/mol.